The molecule has 2 aromatic carbocycles. The predicted molar refractivity (Wildman–Crippen MR) is 128 cm³/mol. The number of likely N-dealkylation sites (N-methyl/N-ethyl adjacent to an activating group) is 1. The Morgan fingerprint density at radius 1 is 1.21 bits per heavy atom. The molecule has 9 heteroatoms. The standard InChI is InChI=1S/C24H33N3O5S/c1-16-5-8-21(9-6-16)33(30,31)26-20-7-10-22-19(11-20)12-24(29)27(18(3)15-28)14-17(2)23(32-22)13-25-4/h5-11,17-18,23,25-26,28H,12-15H2,1-4H3/t17-,18-,23+/m1/s1. The number of aliphatic hydroxyl groups is 1. The van der Waals surface area contributed by atoms with E-state index >= 15 is 0 Å². The van der Waals surface area contributed by atoms with Gasteiger partial charge in [-0.2, -0.15) is 0 Å². The highest BCUT2D eigenvalue weighted by Crippen LogP contribution is 2.29. The van der Waals surface area contributed by atoms with Crippen molar-refractivity contribution >= 4 is 21.6 Å². The molecule has 2 aromatic rings. The lowest BCUT2D eigenvalue weighted by atomic mass is 10.0. The van der Waals surface area contributed by atoms with E-state index in [4.69, 9.17) is 4.74 Å². The van der Waals surface area contributed by atoms with Crippen molar-refractivity contribution in [2.24, 2.45) is 5.92 Å². The van der Waals surface area contributed by atoms with Gasteiger partial charge in [0, 0.05) is 30.3 Å². The zero-order chi connectivity index (χ0) is 24.2. The topological polar surface area (TPSA) is 108 Å². The number of benzene rings is 2. The number of rotatable bonds is 7. The van der Waals surface area contributed by atoms with E-state index in [2.05, 4.69) is 10.0 Å². The lowest BCUT2D eigenvalue weighted by molar-refractivity contribution is -0.134. The van der Waals surface area contributed by atoms with Gasteiger partial charge in [-0.15, -0.1) is 0 Å². The minimum Gasteiger partial charge on any atom is -0.488 e. The molecule has 0 aliphatic carbocycles. The molecule has 33 heavy (non-hydrogen) atoms. The van der Waals surface area contributed by atoms with Crippen LogP contribution in [0.1, 0.15) is 25.0 Å². The molecule has 1 aliphatic heterocycles. The molecule has 0 bridgehead atoms. The second-order valence-electron chi connectivity index (χ2n) is 8.69. The smallest absolute Gasteiger partial charge is 0.261 e. The first-order chi connectivity index (χ1) is 15.6. The van der Waals surface area contributed by atoms with Crippen LogP contribution in [0.3, 0.4) is 0 Å². The van der Waals surface area contributed by atoms with Gasteiger partial charge in [0.2, 0.25) is 5.91 Å². The summed E-state index contributed by atoms with van der Waals surface area (Å²) in [6, 6.07) is 11.3. The van der Waals surface area contributed by atoms with Crippen LogP contribution >= 0.6 is 0 Å². The van der Waals surface area contributed by atoms with Gasteiger partial charge >= 0.3 is 0 Å². The van der Waals surface area contributed by atoms with Crippen molar-refractivity contribution in [2.75, 3.05) is 31.5 Å². The first-order valence-electron chi connectivity index (χ1n) is 11.1. The molecular weight excluding hydrogens is 442 g/mol. The Hall–Kier alpha value is -2.62. The van der Waals surface area contributed by atoms with Gasteiger partial charge in [0.25, 0.3) is 10.0 Å². The highest BCUT2D eigenvalue weighted by Gasteiger charge is 2.30. The SMILES string of the molecule is CNC[C@@H]1Oc2ccc(NS(=O)(=O)c3ccc(C)cc3)cc2CC(=O)N([C@H](C)CO)C[C@H]1C. The Bertz CT molecular complexity index is 1070. The summed E-state index contributed by atoms with van der Waals surface area (Å²) < 4.78 is 34.5. The van der Waals surface area contributed by atoms with E-state index in [-0.39, 0.29) is 41.9 Å². The maximum absolute atomic E-state index is 13.1. The number of nitrogens with one attached hydrogen (secondary N) is 2. The van der Waals surface area contributed by atoms with E-state index in [9.17, 15) is 18.3 Å². The first-order valence-corrected chi connectivity index (χ1v) is 12.6. The summed E-state index contributed by atoms with van der Waals surface area (Å²) in [5.41, 5.74) is 1.91. The van der Waals surface area contributed by atoms with E-state index < -0.39 is 10.0 Å². The number of hydrogen-bond donors (Lipinski definition) is 3. The van der Waals surface area contributed by atoms with Gasteiger partial charge in [0.05, 0.1) is 24.0 Å². The molecule has 3 N–H and O–H groups in total. The summed E-state index contributed by atoms with van der Waals surface area (Å²) in [7, 11) is -1.94. The number of carbonyl (C=O) groups excluding carboxylic acids is 1. The molecular formula is C24H33N3O5S. The highest BCUT2D eigenvalue weighted by atomic mass is 32.2. The van der Waals surface area contributed by atoms with Crippen molar-refractivity contribution < 1.29 is 23.1 Å². The van der Waals surface area contributed by atoms with E-state index in [1.807, 2.05) is 27.8 Å². The van der Waals surface area contributed by atoms with Gasteiger partial charge < -0.3 is 20.1 Å². The van der Waals surface area contributed by atoms with Crippen LogP contribution in [0.25, 0.3) is 0 Å². The van der Waals surface area contributed by atoms with E-state index in [1.54, 1.807) is 47.4 Å². The number of ether oxygens (including phenoxy) is 1. The summed E-state index contributed by atoms with van der Waals surface area (Å²) in [4.78, 5) is 15.0. The number of aryl methyl sites for hydroxylation is 1. The fourth-order valence-electron chi connectivity index (χ4n) is 3.87. The lowest BCUT2D eigenvalue weighted by Gasteiger charge is -2.32. The van der Waals surface area contributed by atoms with Crippen molar-refractivity contribution in [3.63, 3.8) is 0 Å². The van der Waals surface area contributed by atoms with Gasteiger partial charge in [-0.3, -0.25) is 9.52 Å². The number of anilines is 1. The molecule has 0 unspecified atom stereocenters. The molecule has 0 aromatic heterocycles. The molecule has 1 amide bonds. The van der Waals surface area contributed by atoms with Crippen LogP contribution < -0.4 is 14.8 Å². The number of nitrogens with zero attached hydrogens (tertiary/aromatic N) is 1. The maximum Gasteiger partial charge on any atom is 0.261 e. The zero-order valence-corrected chi connectivity index (χ0v) is 20.4. The van der Waals surface area contributed by atoms with Crippen molar-refractivity contribution in [3.05, 3.63) is 53.6 Å². The number of fused-ring (bicyclic) bond motifs is 1. The van der Waals surface area contributed by atoms with Gasteiger partial charge in [-0.25, -0.2) is 8.42 Å². The quantitative estimate of drug-likeness (QED) is 0.567. The molecule has 1 heterocycles. The van der Waals surface area contributed by atoms with Crippen molar-refractivity contribution in [2.45, 2.75) is 44.2 Å². The van der Waals surface area contributed by atoms with Gasteiger partial charge in [-0.1, -0.05) is 24.6 Å². The highest BCUT2D eigenvalue weighted by molar-refractivity contribution is 7.92. The summed E-state index contributed by atoms with van der Waals surface area (Å²) in [5.74, 6) is 0.421. The molecule has 8 nitrogen and oxygen atoms in total. The Morgan fingerprint density at radius 3 is 2.55 bits per heavy atom. The molecule has 0 spiro atoms. The largest absolute Gasteiger partial charge is 0.488 e. The Labute approximate surface area is 196 Å². The van der Waals surface area contributed by atoms with E-state index in [1.165, 1.54) is 0 Å². The van der Waals surface area contributed by atoms with Crippen LogP contribution in [0, 0.1) is 12.8 Å². The zero-order valence-electron chi connectivity index (χ0n) is 19.5. The van der Waals surface area contributed by atoms with Crippen LogP contribution in [0.2, 0.25) is 0 Å². The minimum absolute atomic E-state index is 0.0149. The minimum atomic E-state index is -3.78. The molecule has 3 rings (SSSR count). The number of sulfonamides is 1. The normalized spacial score (nSPS) is 20.2. The van der Waals surface area contributed by atoms with Crippen molar-refractivity contribution in [1.29, 1.82) is 0 Å². The van der Waals surface area contributed by atoms with Crippen molar-refractivity contribution in [3.8, 4) is 5.75 Å². The third-order valence-corrected chi connectivity index (χ3v) is 7.30. The number of hydrogen-bond acceptors (Lipinski definition) is 6. The van der Waals surface area contributed by atoms with Crippen LogP contribution in [0.5, 0.6) is 5.75 Å². The molecule has 0 fully saturated rings. The van der Waals surface area contributed by atoms with Crippen LogP contribution in [-0.2, 0) is 21.2 Å². The molecule has 1 aliphatic rings. The predicted octanol–water partition coefficient (Wildman–Crippen LogP) is 2.16. The van der Waals surface area contributed by atoms with Gasteiger partial charge in [-0.05, 0) is 51.2 Å². The van der Waals surface area contributed by atoms with Crippen LogP contribution in [0.4, 0.5) is 5.69 Å². The van der Waals surface area contributed by atoms with E-state index in [0.717, 1.165) is 5.56 Å². The average Bonchev–Trinajstić information content (AvgIpc) is 2.81. The summed E-state index contributed by atoms with van der Waals surface area (Å²) >= 11 is 0. The van der Waals surface area contributed by atoms with E-state index in [0.29, 0.717) is 30.1 Å². The summed E-state index contributed by atoms with van der Waals surface area (Å²) in [5, 5.41) is 12.8. The average molecular weight is 476 g/mol. The monoisotopic (exact) mass is 475 g/mol. The lowest BCUT2D eigenvalue weighted by Crippen LogP contribution is -2.47. The molecule has 0 saturated heterocycles. The summed E-state index contributed by atoms with van der Waals surface area (Å²) in [6.45, 7) is 6.61. The molecule has 3 atom stereocenters. The first kappa shape index (κ1) is 25.0. The molecule has 0 radical (unpaired) electrons. The second kappa shape index (κ2) is 10.5. The Morgan fingerprint density at radius 2 is 1.91 bits per heavy atom. The fraction of sp³-hybridized carbons (Fsp3) is 0.458. The Kier molecular flexibility index (Phi) is 7.99. The third-order valence-electron chi connectivity index (χ3n) is 5.91. The number of aliphatic hydroxyl groups excluding tert-OH is 1. The fourth-order valence-corrected chi connectivity index (χ4v) is 4.92. The van der Waals surface area contributed by atoms with Gasteiger partial charge in [0.15, 0.2) is 0 Å². The third kappa shape index (κ3) is 6.04. The van der Waals surface area contributed by atoms with Crippen LogP contribution in [-0.4, -0.2) is 63.2 Å². The molecule has 180 valence electrons. The Balaban J connectivity index is 1.95. The number of carbonyl (C=O) groups is 1. The second-order valence-corrected chi connectivity index (χ2v) is 10.4. The van der Waals surface area contributed by atoms with Crippen LogP contribution in [0.15, 0.2) is 47.4 Å². The molecule has 0 saturated carbocycles. The van der Waals surface area contributed by atoms with Crippen molar-refractivity contribution in [1.82, 2.24) is 10.2 Å². The van der Waals surface area contributed by atoms with Gasteiger partial charge in [0.1, 0.15) is 11.9 Å². The summed E-state index contributed by atoms with van der Waals surface area (Å²) in [6.07, 6.45) is -0.165. The maximum atomic E-state index is 13.1. The number of amides is 1.